The Labute approximate surface area is 121 Å². The van der Waals surface area contributed by atoms with Crippen LogP contribution in [0, 0.1) is 0 Å². The van der Waals surface area contributed by atoms with E-state index in [4.69, 9.17) is 0 Å². The van der Waals surface area contributed by atoms with E-state index in [9.17, 15) is 18.0 Å². The van der Waals surface area contributed by atoms with Gasteiger partial charge in [-0.2, -0.15) is 13.2 Å². The summed E-state index contributed by atoms with van der Waals surface area (Å²) in [4.78, 5) is 12.8. The Hall–Kier alpha value is -2.04. The van der Waals surface area contributed by atoms with Crippen molar-refractivity contribution in [3.05, 3.63) is 53.8 Å². The molecule has 0 unspecified atom stereocenters. The number of rotatable bonds is 2. The van der Waals surface area contributed by atoms with Gasteiger partial charge in [-0.3, -0.25) is 4.79 Å². The maximum atomic E-state index is 12.2. The highest BCUT2D eigenvalue weighted by molar-refractivity contribution is 5.94. The molecule has 0 aromatic heterocycles. The molecule has 1 aliphatic heterocycles. The Morgan fingerprint density at radius 3 is 2.43 bits per heavy atom. The lowest BCUT2D eigenvalue weighted by atomic mass is 9.84. The summed E-state index contributed by atoms with van der Waals surface area (Å²) in [5.74, 6) is -1.85. The van der Waals surface area contributed by atoms with Gasteiger partial charge in [-0.1, -0.05) is 38.1 Å². The molecule has 0 atom stereocenters. The molecular formula is C16H16F3NO. The Balaban J connectivity index is 2.32. The van der Waals surface area contributed by atoms with Crippen LogP contribution in [0.2, 0.25) is 0 Å². The Bertz CT molecular complexity index is 627. The van der Waals surface area contributed by atoms with E-state index < -0.39 is 12.0 Å². The van der Waals surface area contributed by atoms with Crippen LogP contribution in [0.4, 0.5) is 18.9 Å². The van der Waals surface area contributed by atoms with E-state index in [2.05, 4.69) is 0 Å². The summed E-state index contributed by atoms with van der Waals surface area (Å²) in [6.45, 7) is 4.00. The number of hydrogen-bond donors (Lipinski definition) is 0. The number of fused-ring (bicyclic) bond motifs is 1. The molecule has 0 bridgehead atoms. The fraction of sp³-hybridized carbons (Fsp3) is 0.312. The molecule has 1 aliphatic rings. The lowest BCUT2D eigenvalue weighted by Crippen LogP contribution is -2.23. The van der Waals surface area contributed by atoms with Crippen LogP contribution in [0.3, 0.4) is 0 Å². The van der Waals surface area contributed by atoms with Gasteiger partial charge in [0.1, 0.15) is 0 Å². The first kappa shape index (κ1) is 15.4. The van der Waals surface area contributed by atoms with Crippen molar-refractivity contribution in [3.8, 4) is 0 Å². The summed E-state index contributed by atoms with van der Waals surface area (Å²) in [6.07, 6.45) is -1.55. The van der Waals surface area contributed by atoms with E-state index in [1.807, 2.05) is 50.1 Å². The topological polar surface area (TPSA) is 20.3 Å². The van der Waals surface area contributed by atoms with Gasteiger partial charge in [0.15, 0.2) is 0 Å². The average molecular weight is 295 g/mol. The third-order valence-corrected chi connectivity index (χ3v) is 3.72. The maximum absolute atomic E-state index is 12.2. The standard InChI is InChI=1S/C16H16F3NO/c1-15(2)11-7-4-5-8-12(11)20(3)13(15)9-6-10-14(21)16(17,18)19/h4-10H,1-3H3. The monoisotopic (exact) mass is 295 g/mol. The van der Waals surface area contributed by atoms with Crippen LogP contribution in [0.15, 0.2) is 48.2 Å². The fourth-order valence-corrected chi connectivity index (χ4v) is 2.62. The molecule has 1 aromatic carbocycles. The average Bonchev–Trinajstić information content (AvgIpc) is 2.59. The summed E-state index contributed by atoms with van der Waals surface area (Å²) in [5.41, 5.74) is 2.64. The normalized spacial score (nSPS) is 19.3. The van der Waals surface area contributed by atoms with Gasteiger partial charge in [0, 0.05) is 23.8 Å². The van der Waals surface area contributed by atoms with E-state index in [1.54, 1.807) is 6.08 Å². The molecule has 1 heterocycles. The molecular weight excluding hydrogens is 279 g/mol. The molecule has 2 rings (SSSR count). The molecule has 2 nitrogen and oxygen atoms in total. The minimum absolute atomic E-state index is 0.322. The van der Waals surface area contributed by atoms with Crippen LogP contribution >= 0.6 is 0 Å². The number of nitrogens with zero attached hydrogens (tertiary/aromatic N) is 1. The minimum atomic E-state index is -4.82. The number of hydrogen-bond acceptors (Lipinski definition) is 2. The van der Waals surface area contributed by atoms with Gasteiger partial charge < -0.3 is 4.90 Å². The van der Waals surface area contributed by atoms with E-state index >= 15 is 0 Å². The van der Waals surface area contributed by atoms with E-state index in [1.165, 1.54) is 0 Å². The third-order valence-electron chi connectivity index (χ3n) is 3.72. The van der Waals surface area contributed by atoms with Crippen molar-refractivity contribution in [3.63, 3.8) is 0 Å². The molecule has 0 aliphatic carbocycles. The number of likely N-dealkylation sites (N-methyl/N-ethyl adjacent to an activating group) is 1. The highest BCUT2D eigenvalue weighted by Gasteiger charge is 2.38. The Morgan fingerprint density at radius 2 is 1.86 bits per heavy atom. The first-order valence-corrected chi connectivity index (χ1v) is 6.49. The van der Waals surface area contributed by atoms with Crippen molar-refractivity contribution in [2.24, 2.45) is 0 Å². The molecule has 0 saturated carbocycles. The Morgan fingerprint density at radius 1 is 1.24 bits per heavy atom. The molecule has 112 valence electrons. The number of benzene rings is 1. The van der Waals surface area contributed by atoms with Crippen molar-refractivity contribution < 1.29 is 18.0 Å². The van der Waals surface area contributed by atoms with Crippen molar-refractivity contribution in [1.29, 1.82) is 0 Å². The number of alkyl halides is 3. The van der Waals surface area contributed by atoms with E-state index in [0.717, 1.165) is 23.0 Å². The van der Waals surface area contributed by atoms with Crippen molar-refractivity contribution >= 4 is 11.5 Å². The first-order chi connectivity index (χ1) is 9.65. The number of para-hydroxylation sites is 1. The van der Waals surface area contributed by atoms with Crippen molar-refractivity contribution in [1.82, 2.24) is 0 Å². The predicted molar refractivity (Wildman–Crippen MR) is 76.2 cm³/mol. The van der Waals surface area contributed by atoms with Crippen molar-refractivity contribution in [2.75, 3.05) is 11.9 Å². The van der Waals surface area contributed by atoms with E-state index in [0.29, 0.717) is 6.08 Å². The van der Waals surface area contributed by atoms with Crippen LogP contribution in [-0.4, -0.2) is 19.0 Å². The lowest BCUT2D eigenvalue weighted by Gasteiger charge is -2.23. The summed E-state index contributed by atoms with van der Waals surface area (Å²) < 4.78 is 36.5. The zero-order chi connectivity index (χ0) is 15.8. The van der Waals surface area contributed by atoms with Crippen LogP contribution < -0.4 is 4.90 Å². The van der Waals surface area contributed by atoms with Gasteiger partial charge in [-0.05, 0) is 23.8 Å². The highest BCUT2D eigenvalue weighted by atomic mass is 19.4. The lowest BCUT2D eigenvalue weighted by molar-refractivity contribution is -0.165. The summed E-state index contributed by atoms with van der Waals surface area (Å²) in [6, 6.07) is 7.80. The second-order valence-corrected chi connectivity index (χ2v) is 5.47. The molecule has 0 N–H and O–H groups in total. The first-order valence-electron chi connectivity index (χ1n) is 6.49. The largest absolute Gasteiger partial charge is 0.454 e. The van der Waals surface area contributed by atoms with Gasteiger partial charge in [0.25, 0.3) is 5.78 Å². The number of allylic oxidation sites excluding steroid dienone is 4. The Kier molecular flexibility index (Phi) is 3.70. The SMILES string of the molecule is CN1C(=CC=CC(=O)C(F)(F)F)C(C)(C)c2ccccc21. The third kappa shape index (κ3) is 2.73. The molecule has 1 aromatic rings. The minimum Gasteiger partial charge on any atom is -0.347 e. The van der Waals surface area contributed by atoms with Crippen LogP contribution in [0.5, 0.6) is 0 Å². The highest BCUT2D eigenvalue weighted by Crippen LogP contribution is 2.46. The molecule has 0 saturated heterocycles. The molecule has 21 heavy (non-hydrogen) atoms. The van der Waals surface area contributed by atoms with Crippen molar-refractivity contribution in [2.45, 2.75) is 25.4 Å². The maximum Gasteiger partial charge on any atom is 0.454 e. The zero-order valence-corrected chi connectivity index (χ0v) is 12.0. The van der Waals surface area contributed by atoms with Gasteiger partial charge in [0.05, 0.1) is 0 Å². The second-order valence-electron chi connectivity index (χ2n) is 5.47. The van der Waals surface area contributed by atoms with Crippen LogP contribution in [0.25, 0.3) is 0 Å². The number of halogens is 3. The molecule has 0 radical (unpaired) electrons. The fourth-order valence-electron chi connectivity index (χ4n) is 2.62. The molecule has 5 heteroatoms. The molecule has 0 fully saturated rings. The second kappa shape index (κ2) is 5.06. The molecule has 0 spiro atoms. The van der Waals surface area contributed by atoms with Gasteiger partial charge in [-0.25, -0.2) is 0 Å². The van der Waals surface area contributed by atoms with Gasteiger partial charge in [-0.15, -0.1) is 0 Å². The zero-order valence-electron chi connectivity index (χ0n) is 12.0. The quantitative estimate of drug-likeness (QED) is 0.769. The van der Waals surface area contributed by atoms with Crippen LogP contribution in [-0.2, 0) is 10.2 Å². The predicted octanol–water partition coefficient (Wildman–Crippen LogP) is 3.99. The van der Waals surface area contributed by atoms with Crippen LogP contribution in [0.1, 0.15) is 19.4 Å². The van der Waals surface area contributed by atoms with Gasteiger partial charge >= 0.3 is 6.18 Å². The van der Waals surface area contributed by atoms with E-state index in [-0.39, 0.29) is 5.41 Å². The number of anilines is 1. The number of carbonyl (C=O) groups is 1. The number of ketones is 1. The summed E-state index contributed by atoms with van der Waals surface area (Å²) >= 11 is 0. The summed E-state index contributed by atoms with van der Waals surface area (Å²) in [5, 5.41) is 0. The summed E-state index contributed by atoms with van der Waals surface area (Å²) in [7, 11) is 1.86. The number of carbonyl (C=O) groups excluding carboxylic acids is 1. The smallest absolute Gasteiger partial charge is 0.347 e. The molecule has 0 amide bonds. The van der Waals surface area contributed by atoms with Gasteiger partial charge in [0.2, 0.25) is 0 Å².